The molecule has 2 aliphatic carbocycles. The summed E-state index contributed by atoms with van der Waals surface area (Å²) in [6.07, 6.45) is 2.01. The SMILES string of the molecule is Cc1c(Cl)cccc1N1C(=O)[C@@H]2[C@@H]3C[C@@H]([C@H]2C1=O)[C@H](c1ccccc1)C3. The molecule has 2 aromatic rings. The Hall–Kier alpha value is -2.13. The van der Waals surface area contributed by atoms with E-state index in [1.165, 1.54) is 10.5 Å². The van der Waals surface area contributed by atoms with Gasteiger partial charge in [-0.2, -0.15) is 0 Å². The molecular formula is C22H20ClNO2. The number of hydrogen-bond acceptors (Lipinski definition) is 2. The van der Waals surface area contributed by atoms with Crippen LogP contribution in [0.15, 0.2) is 48.5 Å². The van der Waals surface area contributed by atoms with Crippen LogP contribution in [0, 0.1) is 30.6 Å². The van der Waals surface area contributed by atoms with Crippen LogP contribution in [0.25, 0.3) is 0 Å². The fourth-order valence-corrected chi connectivity index (χ4v) is 5.79. The zero-order valence-corrected chi connectivity index (χ0v) is 15.3. The summed E-state index contributed by atoms with van der Waals surface area (Å²) in [4.78, 5) is 27.9. The standard InChI is InChI=1S/C22H20ClNO2/c1-12-17(23)8-5-9-18(12)24-21(25)19-14-10-15(13-6-3-2-4-7-13)16(11-14)20(19)22(24)26/h2-9,14-16,19-20H,10-11H2,1H3/t14-,15-,16+,19+,20+/m0/s1. The number of amides is 2. The number of imide groups is 1. The van der Waals surface area contributed by atoms with E-state index in [1.807, 2.05) is 19.1 Å². The smallest absolute Gasteiger partial charge is 0.238 e. The third-order valence-electron chi connectivity index (χ3n) is 6.72. The minimum atomic E-state index is -0.176. The van der Waals surface area contributed by atoms with Gasteiger partial charge in [-0.15, -0.1) is 0 Å². The van der Waals surface area contributed by atoms with Crippen molar-refractivity contribution < 1.29 is 9.59 Å². The molecule has 3 fully saturated rings. The minimum Gasteiger partial charge on any atom is -0.274 e. The zero-order chi connectivity index (χ0) is 18.0. The number of benzene rings is 2. The average molecular weight is 366 g/mol. The van der Waals surface area contributed by atoms with Crippen molar-refractivity contribution in [1.82, 2.24) is 0 Å². The van der Waals surface area contributed by atoms with Crippen molar-refractivity contribution in [2.75, 3.05) is 4.90 Å². The molecule has 1 saturated heterocycles. The molecule has 132 valence electrons. The molecule has 0 radical (unpaired) electrons. The molecule has 5 rings (SSSR count). The number of fused-ring (bicyclic) bond motifs is 5. The van der Waals surface area contributed by atoms with E-state index in [-0.39, 0.29) is 29.6 Å². The molecule has 3 aliphatic rings. The summed E-state index contributed by atoms with van der Waals surface area (Å²) in [5.41, 5.74) is 2.75. The van der Waals surface area contributed by atoms with E-state index in [9.17, 15) is 9.59 Å². The van der Waals surface area contributed by atoms with E-state index in [2.05, 4.69) is 24.3 Å². The molecule has 3 nitrogen and oxygen atoms in total. The van der Waals surface area contributed by atoms with E-state index in [0.717, 1.165) is 18.4 Å². The number of hydrogen-bond donors (Lipinski definition) is 0. The molecule has 26 heavy (non-hydrogen) atoms. The highest BCUT2D eigenvalue weighted by Crippen LogP contribution is 2.62. The summed E-state index contributed by atoms with van der Waals surface area (Å²) in [5.74, 6) is 0.600. The van der Waals surface area contributed by atoms with Crippen LogP contribution in [-0.2, 0) is 9.59 Å². The van der Waals surface area contributed by atoms with Gasteiger partial charge in [-0.3, -0.25) is 9.59 Å². The molecule has 4 heteroatoms. The molecular weight excluding hydrogens is 346 g/mol. The molecule has 5 atom stereocenters. The summed E-state index contributed by atoms with van der Waals surface area (Å²) < 4.78 is 0. The number of anilines is 1. The van der Waals surface area contributed by atoms with Gasteiger partial charge >= 0.3 is 0 Å². The predicted molar refractivity (Wildman–Crippen MR) is 101 cm³/mol. The van der Waals surface area contributed by atoms with Gasteiger partial charge < -0.3 is 0 Å². The Labute approximate surface area is 158 Å². The van der Waals surface area contributed by atoms with Gasteiger partial charge in [0.2, 0.25) is 11.8 Å². The second-order valence-electron chi connectivity index (χ2n) is 7.86. The van der Waals surface area contributed by atoms with Crippen molar-refractivity contribution in [2.45, 2.75) is 25.7 Å². The van der Waals surface area contributed by atoms with Gasteiger partial charge in [0.15, 0.2) is 0 Å². The lowest BCUT2D eigenvalue weighted by molar-refractivity contribution is -0.123. The van der Waals surface area contributed by atoms with Crippen molar-refractivity contribution >= 4 is 29.1 Å². The summed E-state index contributed by atoms with van der Waals surface area (Å²) >= 11 is 6.23. The molecule has 0 N–H and O–H groups in total. The van der Waals surface area contributed by atoms with Crippen LogP contribution in [0.4, 0.5) is 5.69 Å². The van der Waals surface area contributed by atoms with E-state index >= 15 is 0 Å². The van der Waals surface area contributed by atoms with Crippen molar-refractivity contribution in [1.29, 1.82) is 0 Å². The van der Waals surface area contributed by atoms with Crippen molar-refractivity contribution in [3.8, 4) is 0 Å². The topological polar surface area (TPSA) is 37.4 Å². The lowest BCUT2D eigenvalue weighted by Crippen LogP contribution is -2.33. The first-order valence-electron chi connectivity index (χ1n) is 9.26. The monoisotopic (exact) mass is 365 g/mol. The van der Waals surface area contributed by atoms with Crippen LogP contribution in [0.5, 0.6) is 0 Å². The molecule has 2 amide bonds. The number of carbonyl (C=O) groups excluding carboxylic acids is 2. The largest absolute Gasteiger partial charge is 0.274 e. The van der Waals surface area contributed by atoms with Crippen molar-refractivity contribution in [3.05, 3.63) is 64.7 Å². The van der Waals surface area contributed by atoms with Crippen molar-refractivity contribution in [2.24, 2.45) is 23.7 Å². The molecule has 1 heterocycles. The maximum atomic E-state index is 13.3. The first-order chi connectivity index (χ1) is 12.6. The quantitative estimate of drug-likeness (QED) is 0.730. The maximum Gasteiger partial charge on any atom is 0.238 e. The average Bonchev–Trinajstić information content (AvgIpc) is 3.31. The van der Waals surface area contributed by atoms with Crippen LogP contribution in [0.2, 0.25) is 5.02 Å². The Bertz CT molecular complexity index is 910. The van der Waals surface area contributed by atoms with E-state index in [1.54, 1.807) is 12.1 Å². The second kappa shape index (κ2) is 5.68. The van der Waals surface area contributed by atoms with Crippen LogP contribution in [0.1, 0.15) is 29.9 Å². The van der Waals surface area contributed by atoms with Gasteiger partial charge in [0, 0.05) is 5.02 Å². The lowest BCUT2D eigenvalue weighted by atomic mass is 9.73. The first-order valence-corrected chi connectivity index (χ1v) is 9.63. The van der Waals surface area contributed by atoms with Gasteiger partial charge in [-0.05, 0) is 60.8 Å². The number of nitrogens with zero attached hydrogens (tertiary/aromatic N) is 1. The Kier molecular flexibility index (Phi) is 3.51. The van der Waals surface area contributed by atoms with E-state index < -0.39 is 0 Å². The van der Waals surface area contributed by atoms with Crippen LogP contribution in [0.3, 0.4) is 0 Å². The van der Waals surface area contributed by atoms with Gasteiger partial charge in [-0.1, -0.05) is 48.0 Å². The highest BCUT2D eigenvalue weighted by molar-refractivity contribution is 6.32. The van der Waals surface area contributed by atoms with Crippen LogP contribution in [-0.4, -0.2) is 11.8 Å². The minimum absolute atomic E-state index is 0.0237. The molecule has 0 unspecified atom stereocenters. The van der Waals surface area contributed by atoms with Gasteiger partial charge in [0.1, 0.15) is 0 Å². The summed E-state index contributed by atoms with van der Waals surface area (Å²) in [6, 6.07) is 15.9. The van der Waals surface area contributed by atoms with Crippen LogP contribution < -0.4 is 4.90 Å². The summed E-state index contributed by atoms with van der Waals surface area (Å²) in [7, 11) is 0. The maximum absolute atomic E-state index is 13.3. The van der Waals surface area contributed by atoms with Crippen LogP contribution >= 0.6 is 11.6 Å². The normalized spacial score (nSPS) is 32.4. The third-order valence-corrected chi connectivity index (χ3v) is 7.13. The van der Waals surface area contributed by atoms with Gasteiger partial charge in [-0.25, -0.2) is 4.90 Å². The third kappa shape index (κ3) is 2.07. The predicted octanol–water partition coefficient (Wildman–Crippen LogP) is 4.58. The molecule has 0 aromatic heterocycles. The van der Waals surface area contributed by atoms with E-state index in [0.29, 0.717) is 22.5 Å². The lowest BCUT2D eigenvalue weighted by Gasteiger charge is -2.28. The Morgan fingerprint density at radius 1 is 0.923 bits per heavy atom. The zero-order valence-electron chi connectivity index (χ0n) is 14.6. The number of rotatable bonds is 2. The molecule has 2 aromatic carbocycles. The highest BCUT2D eigenvalue weighted by atomic mass is 35.5. The Morgan fingerprint density at radius 3 is 2.42 bits per heavy atom. The fourth-order valence-electron chi connectivity index (χ4n) is 5.62. The number of halogens is 1. The second-order valence-corrected chi connectivity index (χ2v) is 8.27. The molecule has 0 spiro atoms. The molecule has 1 aliphatic heterocycles. The Morgan fingerprint density at radius 2 is 1.65 bits per heavy atom. The van der Waals surface area contributed by atoms with Gasteiger partial charge in [0.25, 0.3) is 0 Å². The summed E-state index contributed by atoms with van der Waals surface area (Å²) in [5, 5.41) is 0.588. The first kappa shape index (κ1) is 16.1. The van der Waals surface area contributed by atoms with Gasteiger partial charge in [0.05, 0.1) is 17.5 Å². The van der Waals surface area contributed by atoms with E-state index in [4.69, 9.17) is 11.6 Å². The molecule has 2 bridgehead atoms. The Balaban J connectivity index is 1.52. The van der Waals surface area contributed by atoms with Crippen molar-refractivity contribution in [3.63, 3.8) is 0 Å². The highest BCUT2D eigenvalue weighted by Gasteiger charge is 2.64. The molecule has 2 saturated carbocycles. The number of carbonyl (C=O) groups is 2. The summed E-state index contributed by atoms with van der Waals surface area (Å²) in [6.45, 7) is 1.87. The fraction of sp³-hybridized carbons (Fsp3) is 0.364.